The molecule has 2 heterocycles. The molecule has 0 fully saturated rings. The summed E-state index contributed by atoms with van der Waals surface area (Å²) in [6.45, 7) is 2.05. The maximum atomic E-state index is 5.27. The zero-order valence-corrected chi connectivity index (χ0v) is 15.1. The van der Waals surface area contributed by atoms with Gasteiger partial charge in [0.2, 0.25) is 0 Å². The molecule has 132 valence electrons. The average Bonchev–Trinajstić information content (AvgIpc) is 3.37. The Balaban J connectivity index is 1.72. The summed E-state index contributed by atoms with van der Waals surface area (Å²) >= 11 is 0. The fraction of sp³-hybridized carbons (Fsp3) is 0.0400. The van der Waals surface area contributed by atoms with Gasteiger partial charge in [-0.1, -0.05) is 72.8 Å². The van der Waals surface area contributed by atoms with Gasteiger partial charge in [0.25, 0.3) is 0 Å². The summed E-state index contributed by atoms with van der Waals surface area (Å²) in [5.41, 5.74) is 8.00. The van der Waals surface area contributed by atoms with Crippen molar-refractivity contribution in [1.29, 1.82) is 0 Å². The monoisotopic (exact) mass is 352 g/mol. The van der Waals surface area contributed by atoms with Gasteiger partial charge in [-0.05, 0) is 40.8 Å². The lowest BCUT2D eigenvalue weighted by Crippen LogP contribution is -1.86. The third-order valence-electron chi connectivity index (χ3n) is 4.55. The minimum absolute atomic E-state index is 1.05. The first kappa shape index (κ1) is 16.9. The zero-order chi connectivity index (χ0) is 18.5. The lowest BCUT2D eigenvalue weighted by molar-refractivity contribution is 0.565. The van der Waals surface area contributed by atoms with Crippen LogP contribution in [0.3, 0.4) is 0 Å². The van der Waals surface area contributed by atoms with E-state index < -0.39 is 0 Å². The molecule has 0 aliphatic heterocycles. The Bertz CT molecular complexity index is 1080. The summed E-state index contributed by atoms with van der Waals surface area (Å²) in [6, 6.07) is 18.8. The summed E-state index contributed by atoms with van der Waals surface area (Å²) in [5.74, 6) is 0. The first-order valence-electron chi connectivity index (χ1n) is 8.91. The van der Waals surface area contributed by atoms with E-state index in [1.165, 1.54) is 22.3 Å². The van der Waals surface area contributed by atoms with Gasteiger partial charge in [-0.25, -0.2) is 0 Å². The Labute approximate surface area is 159 Å². The van der Waals surface area contributed by atoms with Crippen LogP contribution in [0.25, 0.3) is 35.4 Å². The maximum absolute atomic E-state index is 5.27. The van der Waals surface area contributed by atoms with Crippen molar-refractivity contribution in [2.24, 2.45) is 0 Å². The van der Waals surface area contributed by atoms with Gasteiger partial charge in [-0.2, -0.15) is 0 Å². The van der Waals surface area contributed by atoms with E-state index in [9.17, 15) is 0 Å². The lowest BCUT2D eigenvalue weighted by Gasteiger charge is -2.10. The Kier molecular flexibility index (Phi) is 4.88. The van der Waals surface area contributed by atoms with Crippen molar-refractivity contribution in [3.8, 4) is 11.1 Å². The van der Waals surface area contributed by atoms with Gasteiger partial charge in [0.05, 0.1) is 25.1 Å². The second-order valence-electron chi connectivity index (χ2n) is 6.41. The topological polar surface area (TPSA) is 26.3 Å². The van der Waals surface area contributed by atoms with E-state index in [4.69, 9.17) is 8.83 Å². The summed E-state index contributed by atoms with van der Waals surface area (Å²) in [4.78, 5) is 0. The molecule has 0 unspecified atom stereocenters. The Morgan fingerprint density at radius 1 is 0.593 bits per heavy atom. The second-order valence-corrected chi connectivity index (χ2v) is 6.41. The van der Waals surface area contributed by atoms with E-state index >= 15 is 0 Å². The van der Waals surface area contributed by atoms with Crippen LogP contribution in [-0.2, 0) is 0 Å². The summed E-state index contributed by atoms with van der Waals surface area (Å²) in [6.07, 6.45) is 15.4. The molecule has 2 aromatic carbocycles. The van der Waals surface area contributed by atoms with Gasteiger partial charge < -0.3 is 8.83 Å². The molecule has 0 saturated carbocycles. The van der Waals surface area contributed by atoms with Gasteiger partial charge in [0.15, 0.2) is 0 Å². The SMILES string of the molecule is Cc1cocc1/C=C/c1ccccc1-c1ccccc1/C=C\c1ccoc1. The van der Waals surface area contributed by atoms with E-state index in [-0.39, 0.29) is 0 Å². The molecule has 2 nitrogen and oxygen atoms in total. The number of aryl methyl sites for hydroxylation is 1. The third kappa shape index (κ3) is 3.85. The molecule has 0 bridgehead atoms. The molecule has 0 amide bonds. The smallest absolute Gasteiger partial charge is 0.0977 e. The van der Waals surface area contributed by atoms with Crippen molar-refractivity contribution in [3.63, 3.8) is 0 Å². The number of furan rings is 2. The highest BCUT2D eigenvalue weighted by Crippen LogP contribution is 2.30. The quantitative estimate of drug-likeness (QED) is 0.380. The Hall–Kier alpha value is -3.52. The van der Waals surface area contributed by atoms with Crippen molar-refractivity contribution in [3.05, 3.63) is 107 Å². The highest BCUT2D eigenvalue weighted by Gasteiger charge is 2.06. The molecule has 0 aliphatic rings. The number of hydrogen-bond donors (Lipinski definition) is 0. The minimum atomic E-state index is 1.05. The van der Waals surface area contributed by atoms with Crippen molar-refractivity contribution < 1.29 is 8.83 Å². The number of benzene rings is 2. The van der Waals surface area contributed by atoms with E-state index in [1.54, 1.807) is 25.1 Å². The van der Waals surface area contributed by atoms with E-state index in [0.717, 1.165) is 16.7 Å². The highest BCUT2D eigenvalue weighted by atomic mass is 16.3. The van der Waals surface area contributed by atoms with E-state index in [0.29, 0.717) is 0 Å². The fourth-order valence-corrected chi connectivity index (χ4v) is 3.05. The van der Waals surface area contributed by atoms with Crippen LogP contribution < -0.4 is 0 Å². The van der Waals surface area contributed by atoms with Crippen molar-refractivity contribution in [2.45, 2.75) is 6.92 Å². The van der Waals surface area contributed by atoms with Crippen LogP contribution >= 0.6 is 0 Å². The molecule has 27 heavy (non-hydrogen) atoms. The molecule has 0 saturated heterocycles. The Morgan fingerprint density at radius 2 is 1.22 bits per heavy atom. The first-order chi connectivity index (χ1) is 13.3. The lowest BCUT2D eigenvalue weighted by atomic mass is 9.94. The summed E-state index contributed by atoms with van der Waals surface area (Å²) < 4.78 is 10.4. The van der Waals surface area contributed by atoms with Crippen LogP contribution in [0.1, 0.15) is 27.8 Å². The van der Waals surface area contributed by atoms with Crippen LogP contribution in [0.5, 0.6) is 0 Å². The van der Waals surface area contributed by atoms with Gasteiger partial charge in [-0.3, -0.25) is 0 Å². The maximum Gasteiger partial charge on any atom is 0.0977 e. The molecule has 0 aliphatic carbocycles. The highest BCUT2D eigenvalue weighted by molar-refractivity contribution is 5.87. The number of hydrogen-bond acceptors (Lipinski definition) is 2. The average molecular weight is 352 g/mol. The predicted molar refractivity (Wildman–Crippen MR) is 112 cm³/mol. The summed E-state index contributed by atoms with van der Waals surface area (Å²) in [7, 11) is 0. The molecular formula is C25H20O2. The normalized spacial score (nSPS) is 11.6. The van der Waals surface area contributed by atoms with Crippen LogP contribution in [0, 0.1) is 6.92 Å². The molecule has 4 aromatic rings. The molecule has 0 N–H and O–H groups in total. The van der Waals surface area contributed by atoms with Gasteiger partial charge in [0, 0.05) is 11.1 Å². The van der Waals surface area contributed by atoms with E-state index in [2.05, 4.69) is 72.8 Å². The zero-order valence-electron chi connectivity index (χ0n) is 15.1. The predicted octanol–water partition coefficient (Wildman–Crippen LogP) is 7.19. The van der Waals surface area contributed by atoms with Crippen molar-refractivity contribution >= 4 is 24.3 Å². The second kappa shape index (κ2) is 7.79. The molecule has 2 heteroatoms. The fourth-order valence-electron chi connectivity index (χ4n) is 3.05. The molecule has 0 radical (unpaired) electrons. The molecule has 4 rings (SSSR count). The van der Waals surface area contributed by atoms with E-state index in [1.807, 2.05) is 13.0 Å². The molecule has 0 spiro atoms. The largest absolute Gasteiger partial charge is 0.472 e. The van der Waals surface area contributed by atoms with Crippen molar-refractivity contribution in [2.75, 3.05) is 0 Å². The van der Waals surface area contributed by atoms with Crippen LogP contribution in [-0.4, -0.2) is 0 Å². The molecular weight excluding hydrogens is 332 g/mol. The molecule has 2 aromatic heterocycles. The molecule has 0 atom stereocenters. The van der Waals surface area contributed by atoms with Crippen LogP contribution in [0.4, 0.5) is 0 Å². The van der Waals surface area contributed by atoms with Gasteiger partial charge >= 0.3 is 0 Å². The standard InChI is InChI=1S/C25H20O2/c1-19-16-27-18-23(19)13-12-22-7-3-5-9-25(22)24-8-4-2-6-21(24)11-10-20-14-15-26-17-20/h2-18H,1H3/b11-10-,13-12+. The van der Waals surface area contributed by atoms with Gasteiger partial charge in [-0.15, -0.1) is 0 Å². The van der Waals surface area contributed by atoms with Crippen LogP contribution in [0.2, 0.25) is 0 Å². The number of rotatable bonds is 5. The third-order valence-corrected chi connectivity index (χ3v) is 4.55. The van der Waals surface area contributed by atoms with Crippen LogP contribution in [0.15, 0.2) is 88.5 Å². The first-order valence-corrected chi connectivity index (χ1v) is 8.91. The summed E-state index contributed by atoms with van der Waals surface area (Å²) in [5, 5.41) is 0. The Morgan fingerprint density at radius 3 is 1.81 bits per heavy atom. The minimum Gasteiger partial charge on any atom is -0.472 e. The van der Waals surface area contributed by atoms with Crippen molar-refractivity contribution in [1.82, 2.24) is 0 Å². The van der Waals surface area contributed by atoms with Gasteiger partial charge in [0.1, 0.15) is 0 Å².